The summed E-state index contributed by atoms with van der Waals surface area (Å²) < 4.78 is 4.99. The summed E-state index contributed by atoms with van der Waals surface area (Å²) in [5, 5.41) is 0.423. The van der Waals surface area contributed by atoms with Crippen LogP contribution >= 0.6 is 23.4 Å². The minimum Gasteiger partial charge on any atom is -0.462 e. The lowest BCUT2D eigenvalue weighted by atomic mass is 10.2. The van der Waals surface area contributed by atoms with Crippen LogP contribution in [-0.2, 0) is 4.74 Å². The molecular formula is C16H13ClO3S. The second kappa shape index (κ2) is 7.29. The molecule has 3 nitrogen and oxygen atoms in total. The highest BCUT2D eigenvalue weighted by molar-refractivity contribution is 8.14. The number of carbonyl (C=O) groups is 2. The Balaban J connectivity index is 2.21. The standard InChI is InChI=1S/C16H13ClO3S/c1-2-20-15(18)13-5-3-4-6-14(13)21-16(19)11-7-9-12(17)10-8-11/h3-10H,2H2,1H3. The van der Waals surface area contributed by atoms with Gasteiger partial charge in [-0.25, -0.2) is 4.79 Å². The first-order chi connectivity index (χ1) is 10.1. The number of hydrogen-bond acceptors (Lipinski definition) is 4. The average molecular weight is 321 g/mol. The summed E-state index contributed by atoms with van der Waals surface area (Å²) in [6, 6.07) is 13.5. The van der Waals surface area contributed by atoms with Crippen molar-refractivity contribution >= 4 is 34.4 Å². The van der Waals surface area contributed by atoms with Gasteiger partial charge in [0.25, 0.3) is 0 Å². The molecule has 0 N–H and O–H groups in total. The molecule has 0 aromatic heterocycles. The molecule has 0 unspecified atom stereocenters. The summed E-state index contributed by atoms with van der Waals surface area (Å²) in [6.07, 6.45) is 0. The molecule has 0 saturated heterocycles. The highest BCUT2D eigenvalue weighted by atomic mass is 35.5. The molecule has 0 aliphatic rings. The summed E-state index contributed by atoms with van der Waals surface area (Å²) in [7, 11) is 0. The Morgan fingerprint density at radius 1 is 1.10 bits per heavy atom. The van der Waals surface area contributed by atoms with Gasteiger partial charge in [0.15, 0.2) is 0 Å². The smallest absolute Gasteiger partial charge is 0.339 e. The van der Waals surface area contributed by atoms with Gasteiger partial charge in [0.05, 0.1) is 12.2 Å². The minimum atomic E-state index is -0.426. The van der Waals surface area contributed by atoms with Crippen LogP contribution in [0.25, 0.3) is 0 Å². The van der Waals surface area contributed by atoms with Gasteiger partial charge < -0.3 is 4.74 Å². The van der Waals surface area contributed by atoms with Crippen LogP contribution in [0.15, 0.2) is 53.4 Å². The van der Waals surface area contributed by atoms with Gasteiger partial charge in [0, 0.05) is 15.5 Å². The third-order valence-corrected chi connectivity index (χ3v) is 3.91. The predicted octanol–water partition coefficient (Wildman–Crippen LogP) is 4.45. The van der Waals surface area contributed by atoms with Crippen LogP contribution in [-0.4, -0.2) is 17.7 Å². The topological polar surface area (TPSA) is 43.4 Å². The number of rotatable bonds is 4. The maximum atomic E-state index is 12.2. The van der Waals surface area contributed by atoms with Crippen LogP contribution in [0.1, 0.15) is 27.6 Å². The van der Waals surface area contributed by atoms with Crippen LogP contribution in [0.5, 0.6) is 0 Å². The molecule has 0 heterocycles. The van der Waals surface area contributed by atoms with Crippen molar-refractivity contribution in [2.75, 3.05) is 6.61 Å². The molecule has 0 atom stereocenters. The third kappa shape index (κ3) is 4.09. The van der Waals surface area contributed by atoms with Gasteiger partial charge in [-0.3, -0.25) is 4.79 Å². The molecule has 21 heavy (non-hydrogen) atoms. The van der Waals surface area contributed by atoms with E-state index >= 15 is 0 Å². The molecule has 0 aliphatic carbocycles. The maximum absolute atomic E-state index is 12.2. The number of ether oxygens (including phenoxy) is 1. The molecule has 108 valence electrons. The molecule has 0 saturated carbocycles. The lowest BCUT2D eigenvalue weighted by Gasteiger charge is -2.07. The van der Waals surface area contributed by atoms with E-state index in [2.05, 4.69) is 0 Å². The molecule has 2 aromatic rings. The summed E-state index contributed by atoms with van der Waals surface area (Å²) >= 11 is 6.80. The van der Waals surface area contributed by atoms with Gasteiger partial charge >= 0.3 is 5.97 Å². The second-order valence-corrected chi connectivity index (χ2v) is 5.56. The molecule has 0 bridgehead atoms. The van der Waals surface area contributed by atoms with Gasteiger partial charge in [-0.1, -0.05) is 23.7 Å². The van der Waals surface area contributed by atoms with Crippen molar-refractivity contribution in [3.8, 4) is 0 Å². The third-order valence-electron chi connectivity index (χ3n) is 2.66. The number of hydrogen-bond donors (Lipinski definition) is 0. The van der Waals surface area contributed by atoms with E-state index in [4.69, 9.17) is 16.3 Å². The van der Waals surface area contributed by atoms with E-state index in [1.54, 1.807) is 55.5 Å². The monoisotopic (exact) mass is 320 g/mol. The van der Waals surface area contributed by atoms with Gasteiger partial charge in [-0.05, 0) is 55.1 Å². The van der Waals surface area contributed by atoms with Crippen LogP contribution in [0.4, 0.5) is 0 Å². The van der Waals surface area contributed by atoms with Crippen LogP contribution in [0.3, 0.4) is 0 Å². The van der Waals surface area contributed by atoms with Crippen LogP contribution in [0.2, 0.25) is 5.02 Å². The number of halogens is 1. The Hall–Kier alpha value is -1.78. The van der Waals surface area contributed by atoms with Crippen LogP contribution in [0, 0.1) is 0 Å². The number of benzene rings is 2. The zero-order chi connectivity index (χ0) is 15.2. The SMILES string of the molecule is CCOC(=O)c1ccccc1SC(=O)c1ccc(Cl)cc1. The molecule has 5 heteroatoms. The average Bonchev–Trinajstić information content (AvgIpc) is 2.48. The first kappa shape index (κ1) is 15.6. The first-order valence-corrected chi connectivity index (χ1v) is 7.55. The summed E-state index contributed by atoms with van der Waals surface area (Å²) in [4.78, 5) is 24.7. The fourth-order valence-electron chi connectivity index (χ4n) is 1.68. The second-order valence-electron chi connectivity index (χ2n) is 4.11. The van der Waals surface area contributed by atoms with E-state index in [9.17, 15) is 9.59 Å². The Kier molecular flexibility index (Phi) is 5.42. The molecule has 2 rings (SSSR count). The fourth-order valence-corrected chi connectivity index (χ4v) is 2.67. The van der Waals surface area contributed by atoms with Crippen molar-refractivity contribution < 1.29 is 14.3 Å². The zero-order valence-electron chi connectivity index (χ0n) is 11.3. The lowest BCUT2D eigenvalue weighted by molar-refractivity contribution is 0.0522. The number of thioether (sulfide) groups is 1. The van der Waals surface area contributed by atoms with Crippen molar-refractivity contribution in [1.82, 2.24) is 0 Å². The molecule has 0 aliphatic heterocycles. The van der Waals surface area contributed by atoms with Crippen molar-refractivity contribution in [3.63, 3.8) is 0 Å². The Morgan fingerprint density at radius 3 is 2.43 bits per heavy atom. The van der Waals surface area contributed by atoms with E-state index in [-0.39, 0.29) is 5.12 Å². The summed E-state index contributed by atoms with van der Waals surface area (Å²) in [5.41, 5.74) is 0.926. The van der Waals surface area contributed by atoms with E-state index < -0.39 is 5.97 Å². The van der Waals surface area contributed by atoms with Gasteiger partial charge in [-0.15, -0.1) is 0 Å². The molecule has 2 aromatic carbocycles. The van der Waals surface area contributed by atoms with E-state index in [0.717, 1.165) is 11.8 Å². The normalized spacial score (nSPS) is 10.2. The van der Waals surface area contributed by atoms with Crippen molar-refractivity contribution in [2.24, 2.45) is 0 Å². The fraction of sp³-hybridized carbons (Fsp3) is 0.125. The molecule has 0 fully saturated rings. The van der Waals surface area contributed by atoms with E-state index in [1.165, 1.54) is 0 Å². The van der Waals surface area contributed by atoms with Gasteiger partial charge in [-0.2, -0.15) is 0 Å². The molecular weight excluding hydrogens is 308 g/mol. The quantitative estimate of drug-likeness (QED) is 0.616. The number of carbonyl (C=O) groups excluding carboxylic acids is 2. The largest absolute Gasteiger partial charge is 0.462 e. The molecule has 0 spiro atoms. The highest BCUT2D eigenvalue weighted by Gasteiger charge is 2.16. The summed E-state index contributed by atoms with van der Waals surface area (Å²) in [5.74, 6) is -0.426. The molecule has 0 radical (unpaired) electrons. The highest BCUT2D eigenvalue weighted by Crippen LogP contribution is 2.27. The van der Waals surface area contributed by atoms with Crippen molar-refractivity contribution in [3.05, 3.63) is 64.7 Å². The Bertz CT molecular complexity index is 653. The van der Waals surface area contributed by atoms with Gasteiger partial charge in [0.1, 0.15) is 0 Å². The maximum Gasteiger partial charge on any atom is 0.339 e. The van der Waals surface area contributed by atoms with Gasteiger partial charge in [0.2, 0.25) is 5.12 Å². The minimum absolute atomic E-state index is 0.150. The first-order valence-electron chi connectivity index (χ1n) is 6.35. The Morgan fingerprint density at radius 2 is 1.76 bits per heavy atom. The zero-order valence-corrected chi connectivity index (χ0v) is 12.9. The van der Waals surface area contributed by atoms with Crippen molar-refractivity contribution in [2.45, 2.75) is 11.8 Å². The lowest BCUT2D eigenvalue weighted by Crippen LogP contribution is -2.06. The van der Waals surface area contributed by atoms with E-state index in [0.29, 0.717) is 27.7 Å². The number of esters is 1. The summed E-state index contributed by atoms with van der Waals surface area (Å²) in [6.45, 7) is 2.04. The van der Waals surface area contributed by atoms with E-state index in [1.807, 2.05) is 0 Å². The molecule has 0 amide bonds. The predicted molar refractivity (Wildman–Crippen MR) is 84.0 cm³/mol. The van der Waals surface area contributed by atoms with Crippen LogP contribution < -0.4 is 0 Å². The Labute approximate surface area is 132 Å². The van der Waals surface area contributed by atoms with Crippen molar-refractivity contribution in [1.29, 1.82) is 0 Å².